The number of benzene rings is 2. The fraction of sp³-hybridized carbons (Fsp3) is 0.0625. The van der Waals surface area contributed by atoms with E-state index in [1.54, 1.807) is 17.8 Å². The topological polar surface area (TPSA) is 17.1 Å². The molecule has 0 spiro atoms. The van der Waals surface area contributed by atoms with Crippen molar-refractivity contribution in [2.24, 2.45) is 0 Å². The highest BCUT2D eigenvalue weighted by molar-refractivity contribution is 9.11. The third kappa shape index (κ3) is 4.08. The molecule has 0 N–H and O–H groups in total. The Morgan fingerprint density at radius 3 is 2.40 bits per heavy atom. The third-order valence-corrected chi connectivity index (χ3v) is 4.67. The quantitative estimate of drug-likeness (QED) is 0.357. The van der Waals surface area contributed by atoms with E-state index in [0.717, 1.165) is 19.4 Å². The first-order valence-corrected chi connectivity index (χ1v) is 8.73. The van der Waals surface area contributed by atoms with E-state index in [0.29, 0.717) is 5.56 Å². The predicted molar refractivity (Wildman–Crippen MR) is 93.4 cm³/mol. The summed E-state index contributed by atoms with van der Waals surface area (Å²) in [6.45, 7) is 0. The fourth-order valence-corrected chi connectivity index (χ4v) is 3.24. The zero-order valence-electron chi connectivity index (χ0n) is 10.8. The second kappa shape index (κ2) is 7.25. The summed E-state index contributed by atoms with van der Waals surface area (Å²) in [5.41, 5.74) is 1.68. The predicted octanol–water partition coefficient (Wildman–Crippen LogP) is 5.83. The van der Waals surface area contributed by atoms with Gasteiger partial charge in [0.1, 0.15) is 0 Å². The van der Waals surface area contributed by atoms with E-state index < -0.39 is 0 Å². The summed E-state index contributed by atoms with van der Waals surface area (Å²) in [6, 6.07) is 13.5. The highest BCUT2D eigenvalue weighted by Crippen LogP contribution is 2.23. The molecular weight excluding hydrogens is 400 g/mol. The maximum Gasteiger partial charge on any atom is 0.185 e. The van der Waals surface area contributed by atoms with Crippen molar-refractivity contribution in [3.63, 3.8) is 0 Å². The minimum atomic E-state index is 0.00692. The van der Waals surface area contributed by atoms with Gasteiger partial charge in [-0.2, -0.15) is 0 Å². The molecule has 0 aliphatic heterocycles. The average Bonchev–Trinajstić information content (AvgIpc) is 2.46. The van der Waals surface area contributed by atoms with Crippen LogP contribution in [0.5, 0.6) is 0 Å². The molecule has 0 bridgehead atoms. The maximum absolute atomic E-state index is 12.1. The molecule has 2 aromatic carbocycles. The van der Waals surface area contributed by atoms with Gasteiger partial charge in [0.2, 0.25) is 0 Å². The summed E-state index contributed by atoms with van der Waals surface area (Å²) < 4.78 is 1.95. The van der Waals surface area contributed by atoms with Gasteiger partial charge >= 0.3 is 0 Å². The van der Waals surface area contributed by atoms with Crippen LogP contribution in [0.3, 0.4) is 0 Å². The lowest BCUT2D eigenvalue weighted by molar-refractivity contribution is 0.104. The van der Waals surface area contributed by atoms with Gasteiger partial charge in [-0.3, -0.25) is 4.79 Å². The van der Waals surface area contributed by atoms with Crippen molar-refractivity contribution in [2.75, 3.05) is 6.26 Å². The number of rotatable bonds is 4. The standard InChI is InChI=1S/C16H12Br2OS/c1-20-14-7-3-12(4-8-14)16(19)9-5-11-2-6-13(17)10-15(11)18/h2-10H,1H3/b9-5+. The van der Waals surface area contributed by atoms with Crippen LogP contribution < -0.4 is 0 Å². The molecule has 102 valence electrons. The second-order valence-electron chi connectivity index (χ2n) is 4.09. The van der Waals surface area contributed by atoms with Crippen molar-refractivity contribution in [3.05, 3.63) is 68.6 Å². The molecule has 20 heavy (non-hydrogen) atoms. The zero-order chi connectivity index (χ0) is 14.5. The molecule has 0 saturated carbocycles. The summed E-state index contributed by atoms with van der Waals surface area (Å²) >= 11 is 8.54. The van der Waals surface area contributed by atoms with Gasteiger partial charge in [-0.1, -0.05) is 37.9 Å². The smallest absolute Gasteiger partial charge is 0.185 e. The van der Waals surface area contributed by atoms with E-state index in [-0.39, 0.29) is 5.78 Å². The summed E-state index contributed by atoms with van der Waals surface area (Å²) in [7, 11) is 0. The number of ketones is 1. The van der Waals surface area contributed by atoms with Crippen molar-refractivity contribution >= 4 is 55.5 Å². The van der Waals surface area contributed by atoms with Gasteiger partial charge in [-0.25, -0.2) is 0 Å². The van der Waals surface area contributed by atoms with Gasteiger partial charge in [-0.15, -0.1) is 11.8 Å². The van der Waals surface area contributed by atoms with Crippen molar-refractivity contribution < 1.29 is 4.79 Å². The number of carbonyl (C=O) groups excluding carboxylic acids is 1. The number of allylic oxidation sites excluding steroid dienone is 1. The van der Waals surface area contributed by atoms with Gasteiger partial charge < -0.3 is 0 Å². The molecule has 0 aromatic heterocycles. The summed E-state index contributed by atoms with van der Waals surface area (Å²) in [5.74, 6) is 0.00692. The van der Waals surface area contributed by atoms with Gasteiger partial charge in [0, 0.05) is 19.4 Å². The molecule has 0 fully saturated rings. The van der Waals surface area contributed by atoms with Crippen molar-refractivity contribution in [3.8, 4) is 0 Å². The van der Waals surface area contributed by atoms with Crippen molar-refractivity contribution in [1.29, 1.82) is 0 Å². The number of thioether (sulfide) groups is 1. The largest absolute Gasteiger partial charge is 0.289 e. The Kier molecular flexibility index (Phi) is 5.64. The molecule has 0 heterocycles. The zero-order valence-corrected chi connectivity index (χ0v) is 14.8. The molecule has 0 unspecified atom stereocenters. The van der Waals surface area contributed by atoms with E-state index in [2.05, 4.69) is 31.9 Å². The summed E-state index contributed by atoms with van der Waals surface area (Å²) in [6.07, 6.45) is 5.44. The van der Waals surface area contributed by atoms with E-state index in [1.165, 1.54) is 0 Å². The van der Waals surface area contributed by atoms with Gasteiger partial charge in [0.05, 0.1) is 0 Å². The van der Waals surface area contributed by atoms with Crippen molar-refractivity contribution in [2.45, 2.75) is 4.90 Å². The summed E-state index contributed by atoms with van der Waals surface area (Å²) in [5, 5.41) is 0. The molecule has 1 nitrogen and oxygen atoms in total. The number of halogens is 2. The second-order valence-corrected chi connectivity index (χ2v) is 6.74. The van der Waals surface area contributed by atoms with Gasteiger partial charge in [0.15, 0.2) is 5.78 Å². The molecule has 0 aliphatic rings. The molecular formula is C16H12Br2OS. The Morgan fingerprint density at radius 1 is 1.10 bits per heavy atom. The van der Waals surface area contributed by atoms with E-state index >= 15 is 0 Å². The van der Waals surface area contributed by atoms with E-state index in [1.807, 2.05) is 54.8 Å². The molecule has 0 atom stereocenters. The van der Waals surface area contributed by atoms with Crippen LogP contribution in [0, 0.1) is 0 Å². The number of carbonyl (C=O) groups is 1. The molecule has 0 radical (unpaired) electrons. The Balaban J connectivity index is 2.15. The molecule has 4 heteroatoms. The van der Waals surface area contributed by atoms with Gasteiger partial charge in [0.25, 0.3) is 0 Å². The first-order chi connectivity index (χ1) is 9.60. The highest BCUT2D eigenvalue weighted by atomic mass is 79.9. The molecule has 2 aromatic rings. The maximum atomic E-state index is 12.1. The molecule has 0 saturated heterocycles. The normalized spacial score (nSPS) is 10.9. The summed E-state index contributed by atoms with van der Waals surface area (Å²) in [4.78, 5) is 13.2. The monoisotopic (exact) mass is 410 g/mol. The van der Waals surface area contributed by atoms with Crippen LogP contribution in [0.25, 0.3) is 6.08 Å². The Bertz CT molecular complexity index is 648. The number of hydrogen-bond acceptors (Lipinski definition) is 2. The molecule has 2 rings (SSSR count). The Hall–Kier alpha value is -0.840. The van der Waals surface area contributed by atoms with Crippen LogP contribution in [0.15, 0.2) is 62.4 Å². The first kappa shape index (κ1) is 15.5. The number of hydrogen-bond donors (Lipinski definition) is 0. The highest BCUT2D eigenvalue weighted by Gasteiger charge is 2.02. The van der Waals surface area contributed by atoms with E-state index in [9.17, 15) is 4.79 Å². The third-order valence-electron chi connectivity index (χ3n) is 2.75. The Morgan fingerprint density at radius 2 is 1.80 bits per heavy atom. The lowest BCUT2D eigenvalue weighted by Gasteiger charge is -2.00. The fourth-order valence-electron chi connectivity index (χ4n) is 1.65. The Labute approximate surface area is 139 Å². The van der Waals surface area contributed by atoms with Crippen LogP contribution in [0.1, 0.15) is 15.9 Å². The van der Waals surface area contributed by atoms with E-state index in [4.69, 9.17) is 0 Å². The first-order valence-electron chi connectivity index (χ1n) is 5.91. The van der Waals surface area contributed by atoms with Crippen molar-refractivity contribution in [1.82, 2.24) is 0 Å². The SMILES string of the molecule is CSc1ccc(C(=O)/C=C/c2ccc(Br)cc2Br)cc1. The molecule has 0 aliphatic carbocycles. The lowest BCUT2D eigenvalue weighted by Crippen LogP contribution is -1.93. The van der Waals surface area contributed by atoms with Crippen LogP contribution in [-0.2, 0) is 0 Å². The van der Waals surface area contributed by atoms with Crippen LogP contribution in [0.4, 0.5) is 0 Å². The van der Waals surface area contributed by atoms with Crippen LogP contribution >= 0.6 is 43.6 Å². The van der Waals surface area contributed by atoms with Crippen LogP contribution in [-0.4, -0.2) is 12.0 Å². The lowest BCUT2D eigenvalue weighted by atomic mass is 10.1. The average molecular weight is 412 g/mol. The molecule has 0 amide bonds. The van der Waals surface area contributed by atoms with Crippen LogP contribution in [0.2, 0.25) is 0 Å². The van der Waals surface area contributed by atoms with Gasteiger partial charge in [-0.05, 0) is 60.4 Å². The minimum Gasteiger partial charge on any atom is -0.289 e. The minimum absolute atomic E-state index is 0.00692.